The van der Waals surface area contributed by atoms with Gasteiger partial charge in [0, 0.05) is 51.9 Å². The van der Waals surface area contributed by atoms with Crippen molar-refractivity contribution < 1.29 is 4.21 Å². The van der Waals surface area contributed by atoms with Crippen molar-refractivity contribution in [2.75, 3.05) is 29.5 Å². The van der Waals surface area contributed by atoms with Crippen LogP contribution in [0.2, 0.25) is 5.02 Å². The quantitative estimate of drug-likeness (QED) is 0.601. The molecule has 3 rings (SSSR count). The minimum Gasteiger partial charge on any atom is -0.355 e. The third-order valence-electron chi connectivity index (χ3n) is 3.65. The van der Waals surface area contributed by atoms with Crippen LogP contribution < -0.4 is 4.90 Å². The van der Waals surface area contributed by atoms with Gasteiger partial charge in [-0.05, 0) is 38.8 Å². The molecule has 1 aliphatic rings. The van der Waals surface area contributed by atoms with Crippen LogP contribution in [0.25, 0.3) is 5.52 Å². The molecule has 2 aromatic heterocycles. The van der Waals surface area contributed by atoms with Crippen molar-refractivity contribution in [2.45, 2.75) is 25.5 Å². The van der Waals surface area contributed by atoms with E-state index < -0.39 is 10.8 Å². The summed E-state index contributed by atoms with van der Waals surface area (Å²) in [5, 5.41) is 0.652. The Labute approximate surface area is 154 Å². The normalized spacial score (nSPS) is 17.2. The number of pyridine rings is 1. The van der Waals surface area contributed by atoms with Gasteiger partial charge in [0.2, 0.25) is 0 Å². The third kappa shape index (κ3) is 3.95. The molecule has 5 nitrogen and oxygen atoms in total. The van der Waals surface area contributed by atoms with Gasteiger partial charge in [-0.1, -0.05) is 11.6 Å². The summed E-state index contributed by atoms with van der Waals surface area (Å²) >= 11 is 7.94. The van der Waals surface area contributed by atoms with Crippen molar-refractivity contribution in [1.82, 2.24) is 9.38 Å². The van der Waals surface area contributed by atoms with Gasteiger partial charge in [0.25, 0.3) is 0 Å². The van der Waals surface area contributed by atoms with Crippen LogP contribution in [0.15, 0.2) is 23.0 Å². The second-order valence-corrected chi connectivity index (χ2v) is 10.4. The molecule has 3 heterocycles. The van der Waals surface area contributed by atoms with Crippen LogP contribution in [0.3, 0.4) is 0 Å². The highest BCUT2D eigenvalue weighted by Gasteiger charge is 2.21. The van der Waals surface area contributed by atoms with Crippen molar-refractivity contribution in [3.63, 3.8) is 0 Å². The van der Waals surface area contributed by atoms with Crippen LogP contribution in [0.1, 0.15) is 26.3 Å². The minimum atomic E-state index is -0.717. The van der Waals surface area contributed by atoms with Crippen molar-refractivity contribution >= 4 is 51.9 Å². The van der Waals surface area contributed by atoms with E-state index >= 15 is 0 Å². The van der Waals surface area contributed by atoms with E-state index in [4.69, 9.17) is 11.6 Å². The molecule has 0 amide bonds. The summed E-state index contributed by atoms with van der Waals surface area (Å²) in [5.74, 6) is 2.39. The lowest BCUT2D eigenvalue weighted by atomic mass is 10.2. The number of aromatic nitrogens is 2. The first kappa shape index (κ1) is 17.8. The molecule has 0 aromatic carbocycles. The minimum absolute atomic E-state index is 0.0571. The summed E-state index contributed by atoms with van der Waals surface area (Å²) in [6.45, 7) is 7.90. The Morgan fingerprint density at radius 3 is 2.75 bits per heavy atom. The number of fused-ring (bicyclic) bond motifs is 1. The van der Waals surface area contributed by atoms with Crippen molar-refractivity contribution in [1.29, 1.82) is 0 Å². The number of imidazole rings is 1. The average Bonchev–Trinajstić information content (AvgIpc) is 2.97. The van der Waals surface area contributed by atoms with Gasteiger partial charge < -0.3 is 4.90 Å². The summed E-state index contributed by atoms with van der Waals surface area (Å²) in [6.07, 6.45) is 5.40. The van der Waals surface area contributed by atoms with E-state index in [0.717, 1.165) is 30.0 Å². The van der Waals surface area contributed by atoms with Gasteiger partial charge in [-0.15, -0.1) is 0 Å². The van der Waals surface area contributed by atoms with E-state index in [-0.39, 0.29) is 4.75 Å². The van der Waals surface area contributed by atoms with Gasteiger partial charge in [-0.3, -0.25) is 8.61 Å². The van der Waals surface area contributed by atoms with Crippen molar-refractivity contribution in [2.24, 2.45) is 4.40 Å². The van der Waals surface area contributed by atoms with E-state index in [1.165, 1.54) is 11.9 Å². The van der Waals surface area contributed by atoms with Gasteiger partial charge in [0.15, 0.2) is 0 Å². The predicted octanol–water partition coefficient (Wildman–Crippen LogP) is 3.42. The number of halogens is 1. The average molecular weight is 385 g/mol. The molecule has 0 saturated carbocycles. The Bertz CT molecular complexity index is 787. The molecule has 8 heteroatoms. The predicted molar refractivity (Wildman–Crippen MR) is 105 cm³/mol. The van der Waals surface area contributed by atoms with E-state index in [9.17, 15) is 4.21 Å². The van der Waals surface area contributed by atoms with E-state index in [0.29, 0.717) is 16.5 Å². The van der Waals surface area contributed by atoms with Crippen molar-refractivity contribution in [3.05, 3.63) is 29.2 Å². The molecule has 0 bridgehead atoms. The Hall–Kier alpha value is -1.05. The van der Waals surface area contributed by atoms with Gasteiger partial charge in [-0.2, -0.15) is 0 Å². The lowest BCUT2D eigenvalue weighted by molar-refractivity contribution is 0.672. The fraction of sp³-hybridized carbons (Fsp3) is 0.500. The summed E-state index contributed by atoms with van der Waals surface area (Å²) in [6, 6.07) is 1.94. The molecule has 24 heavy (non-hydrogen) atoms. The lowest BCUT2D eigenvalue weighted by Crippen LogP contribution is -2.39. The first-order chi connectivity index (χ1) is 11.3. The fourth-order valence-electron chi connectivity index (χ4n) is 2.58. The zero-order valence-electron chi connectivity index (χ0n) is 14.0. The smallest absolute Gasteiger partial charge is 0.123 e. The number of anilines is 1. The highest BCUT2D eigenvalue weighted by molar-refractivity contribution is 7.99. The van der Waals surface area contributed by atoms with E-state index in [1.807, 2.05) is 16.7 Å². The SMILES string of the molecule is CC(C)(C)SN=Cc1cc(Cl)c2cncn2c1N1CCS(=O)CC1. The topological polar surface area (TPSA) is 50.0 Å². The Balaban J connectivity index is 2.03. The molecule has 0 N–H and O–H groups in total. The standard InChI is InChI=1S/C16H21ClN4OS2/c1-16(2,3)23-19-9-12-8-13(17)14-10-18-11-21(14)15(12)20-4-6-24(22)7-5-20/h8-11H,4-7H2,1-3H3. The second-order valence-electron chi connectivity index (χ2n) is 6.69. The van der Waals surface area contributed by atoms with Crippen LogP contribution in [0.4, 0.5) is 5.82 Å². The molecule has 0 aliphatic carbocycles. The Morgan fingerprint density at radius 1 is 1.38 bits per heavy atom. The number of nitrogens with zero attached hydrogens (tertiary/aromatic N) is 4. The van der Waals surface area contributed by atoms with Gasteiger partial charge in [-0.25, -0.2) is 9.38 Å². The van der Waals surface area contributed by atoms with Gasteiger partial charge in [0.05, 0.1) is 16.7 Å². The summed E-state index contributed by atoms with van der Waals surface area (Å²) in [7, 11) is -0.717. The number of rotatable bonds is 3. The maximum absolute atomic E-state index is 11.7. The summed E-state index contributed by atoms with van der Waals surface area (Å²) in [5.41, 5.74) is 1.83. The first-order valence-corrected chi connectivity index (χ1v) is 10.4. The maximum atomic E-state index is 11.7. The molecule has 0 radical (unpaired) electrons. The van der Waals surface area contributed by atoms with Gasteiger partial charge in [0.1, 0.15) is 12.1 Å². The molecule has 130 valence electrons. The molecule has 0 unspecified atom stereocenters. The Kier molecular flexibility index (Phi) is 5.22. The largest absolute Gasteiger partial charge is 0.355 e. The van der Waals surface area contributed by atoms with Crippen LogP contribution in [-0.4, -0.2) is 49.2 Å². The lowest BCUT2D eigenvalue weighted by Gasteiger charge is -2.30. The van der Waals surface area contributed by atoms with Crippen LogP contribution in [-0.2, 0) is 10.8 Å². The molecule has 0 atom stereocenters. The third-order valence-corrected chi connectivity index (χ3v) is 5.98. The molecule has 1 aliphatic heterocycles. The first-order valence-electron chi connectivity index (χ1n) is 7.81. The van der Waals surface area contributed by atoms with Crippen molar-refractivity contribution in [3.8, 4) is 0 Å². The second kappa shape index (κ2) is 7.06. The highest BCUT2D eigenvalue weighted by Crippen LogP contribution is 2.30. The summed E-state index contributed by atoms with van der Waals surface area (Å²) < 4.78 is 18.3. The zero-order valence-corrected chi connectivity index (χ0v) is 16.4. The number of hydrogen-bond donors (Lipinski definition) is 0. The summed E-state index contributed by atoms with van der Waals surface area (Å²) in [4.78, 5) is 6.48. The maximum Gasteiger partial charge on any atom is 0.123 e. The molecule has 1 fully saturated rings. The Morgan fingerprint density at radius 2 is 2.08 bits per heavy atom. The van der Waals surface area contributed by atoms with Crippen LogP contribution in [0.5, 0.6) is 0 Å². The molecular weight excluding hydrogens is 364 g/mol. The molecule has 1 saturated heterocycles. The molecule has 0 spiro atoms. The fourth-order valence-corrected chi connectivity index (χ4v) is 4.37. The zero-order chi connectivity index (χ0) is 17.3. The van der Waals surface area contributed by atoms with Crippen LogP contribution in [0, 0.1) is 0 Å². The highest BCUT2D eigenvalue weighted by atomic mass is 35.5. The number of hydrogen-bond acceptors (Lipinski definition) is 5. The van der Waals surface area contributed by atoms with Gasteiger partial charge >= 0.3 is 0 Å². The van der Waals surface area contributed by atoms with Crippen LogP contribution >= 0.6 is 23.5 Å². The monoisotopic (exact) mass is 384 g/mol. The van der Waals surface area contributed by atoms with E-state index in [1.54, 1.807) is 12.5 Å². The molecular formula is C16H21ClN4OS2. The molecule has 2 aromatic rings. The van der Waals surface area contributed by atoms with E-state index in [2.05, 4.69) is 35.1 Å².